The van der Waals surface area contributed by atoms with Crippen molar-refractivity contribution in [1.29, 1.82) is 0 Å². The van der Waals surface area contributed by atoms with Crippen LogP contribution < -0.4 is 11.1 Å². The molecule has 0 bridgehead atoms. The number of nitrogens with two attached hydrogens (primary N) is 1. The van der Waals surface area contributed by atoms with Crippen LogP contribution in [-0.2, 0) is 6.18 Å². The molecule has 1 atom stereocenters. The first-order valence-electron chi connectivity index (χ1n) is 6.01. The third kappa shape index (κ3) is 4.64. The van der Waals surface area contributed by atoms with E-state index in [-0.39, 0.29) is 27.8 Å². The average molecular weight is 355 g/mol. The fourth-order valence-electron chi connectivity index (χ4n) is 1.59. The average Bonchev–Trinajstić information content (AvgIpc) is 2.26. The number of aliphatic hydroxyl groups is 1. The van der Waals surface area contributed by atoms with Crippen LogP contribution in [0, 0.1) is 0 Å². The zero-order chi connectivity index (χ0) is 15.7. The molecule has 0 aliphatic rings. The Kier molecular flexibility index (Phi) is 5.10. The van der Waals surface area contributed by atoms with Crippen molar-refractivity contribution in [3.05, 3.63) is 27.7 Å². The van der Waals surface area contributed by atoms with Crippen molar-refractivity contribution in [2.24, 2.45) is 0 Å². The van der Waals surface area contributed by atoms with E-state index < -0.39 is 17.8 Å². The molecule has 7 heteroatoms. The largest absolute Gasteiger partial charge is 0.418 e. The first-order valence-corrected chi connectivity index (χ1v) is 6.80. The summed E-state index contributed by atoms with van der Waals surface area (Å²) in [5, 5.41) is 13.0. The standard InChI is InChI=1S/C13H18BrF3N2O/c1-12(2,3)19-6-10(20)7-4-8(13(15,16)17)11(18)9(14)5-7/h4-5,10,19-20H,6,18H2,1-3H3. The summed E-state index contributed by atoms with van der Waals surface area (Å²) in [6.45, 7) is 5.86. The van der Waals surface area contributed by atoms with Crippen molar-refractivity contribution in [3.63, 3.8) is 0 Å². The Morgan fingerprint density at radius 3 is 2.30 bits per heavy atom. The molecule has 4 N–H and O–H groups in total. The SMILES string of the molecule is CC(C)(C)NCC(O)c1cc(Br)c(N)c(C(F)(F)F)c1. The van der Waals surface area contributed by atoms with Crippen LogP contribution in [0.25, 0.3) is 0 Å². The summed E-state index contributed by atoms with van der Waals surface area (Å²) < 4.78 is 38.7. The number of nitrogen functional groups attached to an aromatic ring is 1. The Morgan fingerprint density at radius 1 is 1.30 bits per heavy atom. The highest BCUT2D eigenvalue weighted by Gasteiger charge is 2.34. The number of β-amino-alcohol motifs (C(OH)–C–C–N with tert-alkyl or cyclic N) is 1. The summed E-state index contributed by atoms with van der Waals surface area (Å²) in [6, 6.07) is 2.29. The van der Waals surface area contributed by atoms with E-state index in [2.05, 4.69) is 21.2 Å². The van der Waals surface area contributed by atoms with Crippen molar-refractivity contribution in [1.82, 2.24) is 5.32 Å². The Bertz CT molecular complexity index is 484. The van der Waals surface area contributed by atoms with E-state index in [0.29, 0.717) is 0 Å². The lowest BCUT2D eigenvalue weighted by molar-refractivity contribution is -0.137. The van der Waals surface area contributed by atoms with Gasteiger partial charge in [0.1, 0.15) is 0 Å². The van der Waals surface area contributed by atoms with E-state index >= 15 is 0 Å². The third-order valence-electron chi connectivity index (χ3n) is 2.67. The molecular weight excluding hydrogens is 337 g/mol. The molecule has 114 valence electrons. The molecule has 0 saturated carbocycles. The number of anilines is 1. The van der Waals surface area contributed by atoms with Crippen LogP contribution in [0.4, 0.5) is 18.9 Å². The Labute approximate surface area is 124 Å². The number of alkyl halides is 3. The van der Waals surface area contributed by atoms with E-state index in [1.54, 1.807) is 0 Å². The van der Waals surface area contributed by atoms with Crippen molar-refractivity contribution in [2.75, 3.05) is 12.3 Å². The summed E-state index contributed by atoms with van der Waals surface area (Å²) in [5.41, 5.74) is 4.02. The minimum Gasteiger partial charge on any atom is -0.397 e. The minimum atomic E-state index is -4.56. The van der Waals surface area contributed by atoms with Crippen molar-refractivity contribution < 1.29 is 18.3 Å². The molecule has 0 aromatic heterocycles. The van der Waals surface area contributed by atoms with Crippen LogP contribution in [0.15, 0.2) is 16.6 Å². The van der Waals surface area contributed by atoms with Crippen molar-refractivity contribution in [2.45, 2.75) is 38.6 Å². The van der Waals surface area contributed by atoms with Crippen LogP contribution in [-0.4, -0.2) is 17.2 Å². The highest BCUT2D eigenvalue weighted by molar-refractivity contribution is 9.10. The molecule has 1 rings (SSSR count). The highest BCUT2D eigenvalue weighted by Crippen LogP contribution is 2.38. The monoisotopic (exact) mass is 354 g/mol. The summed E-state index contributed by atoms with van der Waals surface area (Å²) in [6.07, 6.45) is -5.60. The van der Waals surface area contributed by atoms with Crippen LogP contribution in [0.2, 0.25) is 0 Å². The number of aliphatic hydroxyl groups excluding tert-OH is 1. The smallest absolute Gasteiger partial charge is 0.397 e. The van der Waals surface area contributed by atoms with Gasteiger partial charge in [-0.1, -0.05) is 0 Å². The zero-order valence-corrected chi connectivity index (χ0v) is 13.1. The molecule has 0 radical (unpaired) electrons. The Morgan fingerprint density at radius 2 is 1.85 bits per heavy atom. The molecule has 0 saturated heterocycles. The van der Waals surface area contributed by atoms with Gasteiger partial charge in [-0.05, 0) is 54.4 Å². The first kappa shape index (κ1) is 17.3. The van der Waals surface area contributed by atoms with Gasteiger partial charge in [-0.15, -0.1) is 0 Å². The summed E-state index contributed by atoms with van der Waals surface area (Å²) in [7, 11) is 0. The number of rotatable bonds is 3. The van der Waals surface area contributed by atoms with Crippen molar-refractivity contribution in [3.8, 4) is 0 Å². The van der Waals surface area contributed by atoms with Crippen LogP contribution in [0.5, 0.6) is 0 Å². The van der Waals surface area contributed by atoms with E-state index in [1.807, 2.05) is 20.8 Å². The van der Waals surface area contributed by atoms with Gasteiger partial charge in [0, 0.05) is 16.6 Å². The van der Waals surface area contributed by atoms with Crippen LogP contribution in [0.3, 0.4) is 0 Å². The fourth-order valence-corrected chi connectivity index (χ4v) is 2.06. The molecule has 0 fully saturated rings. The maximum absolute atomic E-state index is 12.8. The maximum atomic E-state index is 12.8. The quantitative estimate of drug-likeness (QED) is 0.728. The number of hydrogen-bond donors (Lipinski definition) is 3. The molecule has 1 aromatic rings. The number of halogens is 4. The lowest BCUT2D eigenvalue weighted by Gasteiger charge is -2.24. The third-order valence-corrected chi connectivity index (χ3v) is 3.32. The van der Waals surface area contributed by atoms with Gasteiger partial charge < -0.3 is 16.2 Å². The van der Waals surface area contributed by atoms with Crippen molar-refractivity contribution >= 4 is 21.6 Å². The summed E-state index contributed by atoms with van der Waals surface area (Å²) >= 11 is 2.99. The Hall–Kier alpha value is -0.790. The number of hydrogen-bond acceptors (Lipinski definition) is 3. The summed E-state index contributed by atoms with van der Waals surface area (Å²) in [5.74, 6) is 0. The van der Waals surface area contributed by atoms with Gasteiger partial charge in [0.15, 0.2) is 0 Å². The van der Waals surface area contributed by atoms with E-state index in [1.165, 1.54) is 6.07 Å². The second-order valence-electron chi connectivity index (χ2n) is 5.61. The minimum absolute atomic E-state index is 0.122. The van der Waals surface area contributed by atoms with Gasteiger partial charge in [-0.25, -0.2) is 0 Å². The molecule has 0 amide bonds. The number of nitrogens with one attached hydrogen (secondary N) is 1. The van der Waals surface area contributed by atoms with Crippen LogP contribution in [0.1, 0.15) is 38.0 Å². The maximum Gasteiger partial charge on any atom is 0.418 e. The molecule has 3 nitrogen and oxygen atoms in total. The van der Waals surface area contributed by atoms with Gasteiger partial charge >= 0.3 is 6.18 Å². The van der Waals surface area contributed by atoms with E-state index in [4.69, 9.17) is 5.73 Å². The summed E-state index contributed by atoms with van der Waals surface area (Å²) in [4.78, 5) is 0. The lowest BCUT2D eigenvalue weighted by atomic mass is 10.0. The second kappa shape index (κ2) is 5.91. The second-order valence-corrected chi connectivity index (χ2v) is 6.46. The van der Waals surface area contributed by atoms with E-state index in [9.17, 15) is 18.3 Å². The molecule has 0 heterocycles. The molecule has 1 unspecified atom stereocenters. The lowest BCUT2D eigenvalue weighted by Crippen LogP contribution is -2.38. The molecule has 0 aliphatic heterocycles. The van der Waals surface area contributed by atoms with Gasteiger partial charge in [-0.3, -0.25) is 0 Å². The van der Waals surface area contributed by atoms with Crippen LogP contribution >= 0.6 is 15.9 Å². The highest BCUT2D eigenvalue weighted by atomic mass is 79.9. The molecule has 0 spiro atoms. The number of benzene rings is 1. The molecular formula is C13H18BrF3N2O. The molecule has 20 heavy (non-hydrogen) atoms. The molecule has 0 aliphatic carbocycles. The zero-order valence-electron chi connectivity index (χ0n) is 11.5. The fraction of sp³-hybridized carbons (Fsp3) is 0.538. The van der Waals surface area contributed by atoms with Gasteiger partial charge in [0.05, 0.1) is 17.4 Å². The topological polar surface area (TPSA) is 58.3 Å². The van der Waals surface area contributed by atoms with Gasteiger partial charge in [0.25, 0.3) is 0 Å². The predicted octanol–water partition coefficient (Wildman–Crippen LogP) is 3.47. The Balaban J connectivity index is 3.05. The van der Waals surface area contributed by atoms with Gasteiger partial charge in [0.2, 0.25) is 0 Å². The first-order chi connectivity index (χ1) is 8.92. The normalized spacial score (nSPS) is 14.4. The van der Waals surface area contributed by atoms with E-state index in [0.717, 1.165) is 6.07 Å². The molecule has 1 aromatic carbocycles. The predicted molar refractivity (Wildman–Crippen MR) is 76.3 cm³/mol. The van der Waals surface area contributed by atoms with Gasteiger partial charge in [-0.2, -0.15) is 13.2 Å².